The largest absolute Gasteiger partial charge is 0.366 e. The molecule has 1 aromatic rings. The van der Waals surface area contributed by atoms with Crippen molar-refractivity contribution < 1.29 is 14.0 Å². The van der Waals surface area contributed by atoms with Crippen LogP contribution < -0.4 is 10.2 Å². The summed E-state index contributed by atoms with van der Waals surface area (Å²) >= 11 is 0. The standard InChI is InChI=1S/C18H26FN3O2/c1-14(2)7-8-20-17(23)13-18(24)22-11-9-21(10-12-22)16-6-4-3-5-15(16)19/h3-6,14H,7-13H2,1-2H3,(H,20,23). The molecule has 1 heterocycles. The van der Waals surface area contributed by atoms with Crippen LogP contribution >= 0.6 is 0 Å². The lowest BCUT2D eigenvalue weighted by molar-refractivity contribution is -0.136. The van der Waals surface area contributed by atoms with Crippen molar-refractivity contribution in [3.8, 4) is 0 Å². The van der Waals surface area contributed by atoms with Crippen LogP contribution in [0, 0.1) is 11.7 Å². The number of benzene rings is 1. The number of hydrogen-bond donors (Lipinski definition) is 1. The van der Waals surface area contributed by atoms with E-state index in [2.05, 4.69) is 19.2 Å². The highest BCUT2D eigenvalue weighted by Gasteiger charge is 2.23. The van der Waals surface area contributed by atoms with Gasteiger partial charge in [0.25, 0.3) is 0 Å². The summed E-state index contributed by atoms with van der Waals surface area (Å²) in [6.07, 6.45) is 0.791. The van der Waals surface area contributed by atoms with Gasteiger partial charge >= 0.3 is 0 Å². The van der Waals surface area contributed by atoms with Crippen molar-refractivity contribution in [1.82, 2.24) is 10.2 Å². The van der Waals surface area contributed by atoms with Gasteiger partial charge in [-0.15, -0.1) is 0 Å². The fourth-order valence-corrected chi connectivity index (χ4v) is 2.72. The van der Waals surface area contributed by atoms with Gasteiger partial charge in [-0.05, 0) is 24.5 Å². The minimum Gasteiger partial charge on any atom is -0.366 e. The summed E-state index contributed by atoms with van der Waals surface area (Å²) in [7, 11) is 0. The number of carbonyl (C=O) groups is 2. The van der Waals surface area contributed by atoms with Gasteiger partial charge in [-0.1, -0.05) is 26.0 Å². The van der Waals surface area contributed by atoms with Crippen LogP contribution in [0.15, 0.2) is 24.3 Å². The van der Waals surface area contributed by atoms with Crippen molar-refractivity contribution in [2.75, 3.05) is 37.6 Å². The second-order valence-corrected chi connectivity index (χ2v) is 6.53. The third kappa shape index (κ3) is 5.22. The lowest BCUT2D eigenvalue weighted by atomic mass is 10.1. The summed E-state index contributed by atoms with van der Waals surface area (Å²) < 4.78 is 13.8. The molecule has 0 aliphatic carbocycles. The first-order valence-corrected chi connectivity index (χ1v) is 8.51. The number of nitrogens with one attached hydrogen (secondary N) is 1. The Kier molecular flexibility index (Phi) is 6.58. The van der Waals surface area contributed by atoms with E-state index in [1.807, 2.05) is 4.90 Å². The monoisotopic (exact) mass is 335 g/mol. The summed E-state index contributed by atoms with van der Waals surface area (Å²) in [5.41, 5.74) is 0.566. The van der Waals surface area contributed by atoms with E-state index in [0.717, 1.165) is 6.42 Å². The van der Waals surface area contributed by atoms with Gasteiger partial charge in [0.05, 0.1) is 5.69 Å². The first kappa shape index (κ1) is 18.2. The normalized spacial score (nSPS) is 14.8. The highest BCUT2D eigenvalue weighted by atomic mass is 19.1. The molecule has 1 aliphatic rings. The highest BCUT2D eigenvalue weighted by molar-refractivity contribution is 5.96. The number of halogens is 1. The van der Waals surface area contributed by atoms with Crippen molar-refractivity contribution in [3.05, 3.63) is 30.1 Å². The zero-order chi connectivity index (χ0) is 17.5. The molecule has 0 unspecified atom stereocenters. The van der Waals surface area contributed by atoms with Gasteiger partial charge < -0.3 is 15.1 Å². The van der Waals surface area contributed by atoms with Crippen LogP contribution in [0.1, 0.15) is 26.7 Å². The number of piperazine rings is 1. The molecule has 132 valence electrons. The number of rotatable bonds is 6. The van der Waals surface area contributed by atoms with E-state index in [4.69, 9.17) is 0 Å². The lowest BCUT2D eigenvalue weighted by Gasteiger charge is -2.36. The van der Waals surface area contributed by atoms with Crippen LogP contribution in [-0.4, -0.2) is 49.4 Å². The van der Waals surface area contributed by atoms with Gasteiger partial charge in [0.2, 0.25) is 11.8 Å². The molecular weight excluding hydrogens is 309 g/mol. The maximum atomic E-state index is 13.8. The predicted octanol–water partition coefficient (Wildman–Crippen LogP) is 2.03. The molecule has 0 atom stereocenters. The molecule has 0 bridgehead atoms. The minimum atomic E-state index is -0.248. The molecule has 2 rings (SSSR count). The number of para-hydroxylation sites is 1. The zero-order valence-corrected chi connectivity index (χ0v) is 14.4. The van der Waals surface area contributed by atoms with Gasteiger partial charge in [0.1, 0.15) is 12.2 Å². The molecule has 1 fully saturated rings. The second-order valence-electron chi connectivity index (χ2n) is 6.53. The van der Waals surface area contributed by atoms with Crippen molar-refractivity contribution in [3.63, 3.8) is 0 Å². The molecule has 1 N–H and O–H groups in total. The smallest absolute Gasteiger partial charge is 0.232 e. The Morgan fingerprint density at radius 2 is 1.83 bits per heavy atom. The molecule has 1 aliphatic heterocycles. The summed E-state index contributed by atoms with van der Waals surface area (Å²) in [6, 6.07) is 6.65. The van der Waals surface area contributed by atoms with Gasteiger partial charge in [0, 0.05) is 32.7 Å². The second kappa shape index (κ2) is 8.66. The summed E-state index contributed by atoms with van der Waals surface area (Å²) in [5, 5.41) is 2.78. The maximum Gasteiger partial charge on any atom is 0.232 e. The van der Waals surface area contributed by atoms with Crippen molar-refractivity contribution in [2.45, 2.75) is 26.7 Å². The quantitative estimate of drug-likeness (QED) is 0.809. The number of carbonyl (C=O) groups excluding carboxylic acids is 2. The zero-order valence-electron chi connectivity index (χ0n) is 14.4. The maximum absolute atomic E-state index is 13.8. The van der Waals surface area contributed by atoms with Gasteiger partial charge in [-0.3, -0.25) is 9.59 Å². The molecule has 5 nitrogen and oxygen atoms in total. The summed E-state index contributed by atoms with van der Waals surface area (Å²) in [6.45, 7) is 6.94. The van der Waals surface area contributed by atoms with E-state index in [-0.39, 0.29) is 24.1 Å². The Balaban J connectivity index is 1.76. The molecule has 6 heteroatoms. The van der Waals surface area contributed by atoms with E-state index in [1.165, 1.54) is 6.07 Å². The lowest BCUT2D eigenvalue weighted by Crippen LogP contribution is -2.49. The molecule has 0 saturated carbocycles. The average molecular weight is 335 g/mol. The Morgan fingerprint density at radius 3 is 2.46 bits per heavy atom. The van der Waals surface area contributed by atoms with Crippen molar-refractivity contribution in [2.24, 2.45) is 5.92 Å². The molecule has 1 saturated heterocycles. The van der Waals surface area contributed by atoms with E-state index in [0.29, 0.717) is 44.3 Å². The number of anilines is 1. The van der Waals surface area contributed by atoms with Crippen LogP contribution in [0.4, 0.5) is 10.1 Å². The van der Waals surface area contributed by atoms with Gasteiger partial charge in [-0.2, -0.15) is 0 Å². The van der Waals surface area contributed by atoms with Crippen LogP contribution in [0.3, 0.4) is 0 Å². The first-order chi connectivity index (χ1) is 11.5. The topological polar surface area (TPSA) is 52.7 Å². The molecule has 2 amide bonds. The van der Waals surface area contributed by atoms with E-state index < -0.39 is 0 Å². The molecule has 0 aromatic heterocycles. The molecular formula is C18H26FN3O2. The third-order valence-electron chi connectivity index (χ3n) is 4.18. The van der Waals surface area contributed by atoms with E-state index >= 15 is 0 Å². The van der Waals surface area contributed by atoms with Crippen molar-refractivity contribution in [1.29, 1.82) is 0 Å². The minimum absolute atomic E-state index is 0.113. The van der Waals surface area contributed by atoms with Crippen LogP contribution in [-0.2, 0) is 9.59 Å². The third-order valence-corrected chi connectivity index (χ3v) is 4.18. The number of hydrogen-bond acceptors (Lipinski definition) is 3. The Hall–Kier alpha value is -2.11. The van der Waals surface area contributed by atoms with Gasteiger partial charge in [0.15, 0.2) is 0 Å². The number of amides is 2. The van der Waals surface area contributed by atoms with Crippen LogP contribution in [0.5, 0.6) is 0 Å². The fourth-order valence-electron chi connectivity index (χ4n) is 2.72. The Morgan fingerprint density at radius 1 is 1.17 bits per heavy atom. The SMILES string of the molecule is CC(C)CCNC(=O)CC(=O)N1CCN(c2ccccc2F)CC1. The first-order valence-electron chi connectivity index (χ1n) is 8.51. The molecule has 24 heavy (non-hydrogen) atoms. The molecule has 0 spiro atoms. The summed E-state index contributed by atoms with van der Waals surface area (Å²) in [5.74, 6) is -0.114. The highest BCUT2D eigenvalue weighted by Crippen LogP contribution is 2.20. The Bertz CT molecular complexity index is 569. The molecule has 0 radical (unpaired) electrons. The fraction of sp³-hybridized carbons (Fsp3) is 0.556. The Labute approximate surface area is 142 Å². The van der Waals surface area contributed by atoms with Crippen LogP contribution in [0.2, 0.25) is 0 Å². The van der Waals surface area contributed by atoms with Crippen LogP contribution in [0.25, 0.3) is 0 Å². The van der Waals surface area contributed by atoms with E-state index in [9.17, 15) is 14.0 Å². The van der Waals surface area contributed by atoms with Gasteiger partial charge in [-0.25, -0.2) is 4.39 Å². The molecule has 1 aromatic carbocycles. The average Bonchev–Trinajstić information content (AvgIpc) is 2.55. The summed E-state index contributed by atoms with van der Waals surface area (Å²) in [4.78, 5) is 27.6. The van der Waals surface area contributed by atoms with Crippen molar-refractivity contribution >= 4 is 17.5 Å². The number of nitrogens with zero attached hydrogens (tertiary/aromatic N) is 2. The predicted molar refractivity (Wildman–Crippen MR) is 92.3 cm³/mol. The van der Waals surface area contributed by atoms with E-state index in [1.54, 1.807) is 23.1 Å².